The summed E-state index contributed by atoms with van der Waals surface area (Å²) in [6, 6.07) is 32.4. The Morgan fingerprint density at radius 3 is 2.19 bits per heavy atom. The van der Waals surface area contributed by atoms with Gasteiger partial charge in [-0.2, -0.15) is 0 Å². The summed E-state index contributed by atoms with van der Waals surface area (Å²) in [7, 11) is -1.35. The first kappa shape index (κ1) is 30.7. The standard InChI is InChI=1S/C37H37N5O4S/c1-47(44)36-38-33-24-42(34-23-30(22-29-14-8-9-15-31(29)34)45-25-27-10-4-2-5-11-27)17-16-32(33)35(39-36)40-18-20-41(21-19-40)37(43)46-26-28-12-6-3-7-13-28/h2-15,22-23H,16-21,24-26H2,1H3/t47-/m0/s1. The molecule has 1 atom stereocenters. The van der Waals surface area contributed by atoms with Crippen LogP contribution in [0.15, 0.2) is 102 Å². The van der Waals surface area contributed by atoms with Gasteiger partial charge in [0.05, 0.1) is 23.0 Å². The van der Waals surface area contributed by atoms with E-state index in [2.05, 4.69) is 52.3 Å². The number of nitrogens with zero attached hydrogens (tertiary/aromatic N) is 5. The molecule has 9 nitrogen and oxygen atoms in total. The summed E-state index contributed by atoms with van der Waals surface area (Å²) in [6.07, 6.45) is 2.05. The lowest BCUT2D eigenvalue weighted by Gasteiger charge is -2.38. The van der Waals surface area contributed by atoms with Crippen LogP contribution in [0.25, 0.3) is 10.8 Å². The molecule has 2 aliphatic heterocycles. The Bertz CT molecular complexity index is 1900. The predicted molar refractivity (Wildman–Crippen MR) is 184 cm³/mol. The minimum absolute atomic E-state index is 0.249. The molecule has 10 heteroatoms. The third-order valence-corrected chi connectivity index (χ3v) is 9.42. The molecule has 1 amide bonds. The summed E-state index contributed by atoms with van der Waals surface area (Å²) in [5.41, 5.74) is 5.12. The van der Waals surface area contributed by atoms with Gasteiger partial charge in [0.25, 0.3) is 0 Å². The van der Waals surface area contributed by atoms with E-state index < -0.39 is 10.8 Å². The van der Waals surface area contributed by atoms with Gasteiger partial charge in [0.2, 0.25) is 5.16 Å². The third-order valence-electron chi connectivity index (χ3n) is 8.72. The van der Waals surface area contributed by atoms with Crippen LogP contribution in [0.2, 0.25) is 0 Å². The summed E-state index contributed by atoms with van der Waals surface area (Å²) in [4.78, 5) is 28.7. The molecule has 1 saturated heterocycles. The molecule has 47 heavy (non-hydrogen) atoms. The van der Waals surface area contributed by atoms with Crippen LogP contribution in [0.1, 0.15) is 22.4 Å². The molecule has 1 fully saturated rings. The van der Waals surface area contributed by atoms with E-state index in [1.165, 1.54) is 0 Å². The van der Waals surface area contributed by atoms with Crippen molar-refractivity contribution in [3.63, 3.8) is 0 Å². The van der Waals surface area contributed by atoms with Gasteiger partial charge in [-0.15, -0.1) is 0 Å². The van der Waals surface area contributed by atoms with Crippen molar-refractivity contribution < 1.29 is 18.5 Å². The lowest BCUT2D eigenvalue weighted by Crippen LogP contribution is -2.49. The van der Waals surface area contributed by atoms with Gasteiger partial charge in [-0.3, -0.25) is 4.21 Å². The van der Waals surface area contributed by atoms with Crippen LogP contribution in [0.4, 0.5) is 16.3 Å². The Morgan fingerprint density at radius 2 is 1.47 bits per heavy atom. The second-order valence-electron chi connectivity index (χ2n) is 11.8. The van der Waals surface area contributed by atoms with E-state index in [1.54, 1.807) is 11.2 Å². The topological polar surface area (TPSA) is 88.1 Å². The van der Waals surface area contributed by atoms with Crippen molar-refractivity contribution in [3.8, 4) is 5.75 Å². The zero-order valence-electron chi connectivity index (χ0n) is 26.4. The first-order valence-electron chi connectivity index (χ1n) is 15.9. The molecule has 2 aliphatic rings. The van der Waals surface area contributed by atoms with Crippen molar-refractivity contribution in [2.75, 3.05) is 48.8 Å². The molecule has 0 radical (unpaired) electrons. The minimum Gasteiger partial charge on any atom is -0.489 e. The Hall–Kier alpha value is -4.96. The SMILES string of the molecule is C[S@](=O)c1nc2c(c(N3CCN(C(=O)OCc4ccccc4)CC3)n1)CCN(c1cc(OCc3ccccc3)cc3ccccc13)C2. The fourth-order valence-corrected chi connectivity index (χ4v) is 6.70. The fraction of sp³-hybridized carbons (Fsp3) is 0.270. The fourth-order valence-electron chi connectivity index (χ4n) is 6.25. The quantitative estimate of drug-likeness (QED) is 0.191. The number of ether oxygens (including phenoxy) is 2. The highest BCUT2D eigenvalue weighted by atomic mass is 32.2. The number of hydrogen-bond acceptors (Lipinski definition) is 8. The van der Waals surface area contributed by atoms with E-state index in [4.69, 9.17) is 19.4 Å². The molecule has 0 unspecified atom stereocenters. The molecule has 0 spiro atoms. The van der Waals surface area contributed by atoms with Crippen LogP contribution in [0.5, 0.6) is 5.75 Å². The Balaban J connectivity index is 1.10. The smallest absolute Gasteiger partial charge is 0.410 e. The molecule has 0 bridgehead atoms. The van der Waals surface area contributed by atoms with Crippen LogP contribution in [0.3, 0.4) is 0 Å². The summed E-state index contributed by atoms with van der Waals surface area (Å²) in [6.45, 7) is 4.32. The zero-order chi connectivity index (χ0) is 32.2. The minimum atomic E-state index is -1.35. The van der Waals surface area contributed by atoms with Crippen LogP contribution in [-0.4, -0.2) is 64.1 Å². The maximum Gasteiger partial charge on any atom is 0.410 e. The third kappa shape index (κ3) is 6.92. The number of anilines is 2. The maximum absolute atomic E-state index is 12.8. The predicted octanol–water partition coefficient (Wildman–Crippen LogP) is 5.97. The molecule has 1 aromatic heterocycles. The number of hydrogen-bond donors (Lipinski definition) is 0. The number of carbonyl (C=O) groups is 1. The Kier molecular flexibility index (Phi) is 9.01. The molecule has 0 aliphatic carbocycles. The largest absolute Gasteiger partial charge is 0.489 e. The van der Waals surface area contributed by atoms with Crippen molar-refractivity contribution in [2.24, 2.45) is 0 Å². The van der Waals surface area contributed by atoms with Gasteiger partial charge in [-0.25, -0.2) is 14.8 Å². The van der Waals surface area contributed by atoms with Gasteiger partial charge in [-0.1, -0.05) is 84.9 Å². The molecule has 240 valence electrons. The summed E-state index contributed by atoms with van der Waals surface area (Å²) in [5.74, 6) is 1.63. The van der Waals surface area contributed by atoms with Gasteiger partial charge in [0.15, 0.2) is 0 Å². The summed E-state index contributed by atoms with van der Waals surface area (Å²) >= 11 is 0. The molecule has 7 rings (SSSR count). The number of piperazine rings is 1. The van der Waals surface area contributed by atoms with E-state index in [0.29, 0.717) is 44.5 Å². The van der Waals surface area contributed by atoms with Gasteiger partial charge in [0, 0.05) is 61.7 Å². The summed E-state index contributed by atoms with van der Waals surface area (Å²) in [5, 5.41) is 2.58. The lowest BCUT2D eigenvalue weighted by molar-refractivity contribution is 0.0941. The van der Waals surface area contributed by atoms with E-state index >= 15 is 0 Å². The first-order chi connectivity index (χ1) is 23.0. The highest BCUT2D eigenvalue weighted by molar-refractivity contribution is 7.84. The first-order valence-corrected chi connectivity index (χ1v) is 17.5. The van der Waals surface area contributed by atoms with Crippen molar-refractivity contribution >= 4 is 39.2 Å². The van der Waals surface area contributed by atoms with Crippen LogP contribution in [-0.2, 0) is 41.7 Å². The van der Waals surface area contributed by atoms with Gasteiger partial charge >= 0.3 is 6.09 Å². The van der Waals surface area contributed by atoms with E-state index in [-0.39, 0.29) is 12.7 Å². The monoisotopic (exact) mass is 647 g/mol. The molecule has 3 heterocycles. The second kappa shape index (κ2) is 13.8. The van der Waals surface area contributed by atoms with Crippen LogP contribution >= 0.6 is 0 Å². The van der Waals surface area contributed by atoms with Crippen LogP contribution < -0.4 is 14.5 Å². The van der Waals surface area contributed by atoms with Gasteiger partial charge < -0.3 is 24.2 Å². The molecule has 0 N–H and O–H groups in total. The van der Waals surface area contributed by atoms with Crippen molar-refractivity contribution in [1.29, 1.82) is 0 Å². The number of amides is 1. The molecular formula is C37H37N5O4S. The number of fused-ring (bicyclic) bond motifs is 2. The second-order valence-corrected chi connectivity index (χ2v) is 13.1. The van der Waals surface area contributed by atoms with Gasteiger partial charge in [0.1, 0.15) is 24.8 Å². The average molecular weight is 648 g/mol. The van der Waals surface area contributed by atoms with Crippen LogP contribution in [0, 0.1) is 0 Å². The van der Waals surface area contributed by atoms with E-state index in [0.717, 1.165) is 63.4 Å². The number of rotatable bonds is 8. The van der Waals surface area contributed by atoms with Crippen molar-refractivity contribution in [2.45, 2.75) is 31.3 Å². The van der Waals surface area contributed by atoms with E-state index in [1.807, 2.05) is 54.6 Å². The number of carbonyl (C=O) groups excluding carboxylic acids is 1. The molecular weight excluding hydrogens is 611 g/mol. The van der Waals surface area contributed by atoms with Gasteiger partial charge in [-0.05, 0) is 29.0 Å². The van der Waals surface area contributed by atoms with E-state index in [9.17, 15) is 9.00 Å². The normalized spacial score (nSPS) is 15.3. The van der Waals surface area contributed by atoms with Crippen molar-refractivity contribution in [1.82, 2.24) is 14.9 Å². The molecule has 4 aromatic carbocycles. The lowest BCUT2D eigenvalue weighted by atomic mass is 10.0. The maximum atomic E-state index is 12.8. The number of aromatic nitrogens is 2. The highest BCUT2D eigenvalue weighted by Gasteiger charge is 2.30. The molecule has 0 saturated carbocycles. The molecule has 5 aromatic rings. The summed E-state index contributed by atoms with van der Waals surface area (Å²) < 4.78 is 24.6. The average Bonchev–Trinajstić information content (AvgIpc) is 3.12. The zero-order valence-corrected chi connectivity index (χ0v) is 27.2. The Labute approximate surface area is 277 Å². The van der Waals surface area contributed by atoms with Crippen molar-refractivity contribution in [3.05, 3.63) is 119 Å². The number of benzene rings is 4. The Morgan fingerprint density at radius 1 is 0.787 bits per heavy atom. The highest BCUT2D eigenvalue weighted by Crippen LogP contribution is 2.36.